The molecule has 0 saturated carbocycles. The average Bonchev–Trinajstić information content (AvgIpc) is 2.41. The number of aryl methyl sites for hydroxylation is 3. The van der Waals surface area contributed by atoms with E-state index in [1.54, 1.807) is 19.1 Å². The van der Waals surface area contributed by atoms with Crippen LogP contribution in [0.3, 0.4) is 0 Å². The molecule has 0 amide bonds. The zero-order valence-electron chi connectivity index (χ0n) is 12.2. The summed E-state index contributed by atoms with van der Waals surface area (Å²) in [4.78, 5) is 10.6. The molecule has 2 aromatic rings. The van der Waals surface area contributed by atoms with E-state index in [0.29, 0.717) is 17.8 Å². The molecule has 4 nitrogen and oxygen atoms in total. The van der Waals surface area contributed by atoms with Crippen LogP contribution in [0.2, 0.25) is 0 Å². The van der Waals surface area contributed by atoms with E-state index in [4.69, 9.17) is 0 Å². The van der Waals surface area contributed by atoms with E-state index >= 15 is 0 Å². The molecule has 0 aliphatic carbocycles. The quantitative estimate of drug-likeness (QED) is 0.675. The minimum Gasteiger partial charge on any atom is -0.381 e. The highest BCUT2D eigenvalue weighted by molar-refractivity contribution is 5.60. The highest BCUT2D eigenvalue weighted by Gasteiger charge is 2.13. The molecule has 5 heteroatoms. The second-order valence-electron chi connectivity index (χ2n) is 5.14. The molecular formula is C16H17FN2O2. The number of nitro benzene ring substituents is 1. The molecule has 0 aliphatic rings. The lowest BCUT2D eigenvalue weighted by Crippen LogP contribution is -2.04. The van der Waals surface area contributed by atoms with Crippen LogP contribution in [0.5, 0.6) is 0 Å². The second-order valence-corrected chi connectivity index (χ2v) is 5.14. The lowest BCUT2D eigenvalue weighted by Gasteiger charge is -2.12. The first kappa shape index (κ1) is 15.0. The van der Waals surface area contributed by atoms with Gasteiger partial charge >= 0.3 is 0 Å². The number of nitrogens with one attached hydrogen (secondary N) is 1. The molecule has 0 atom stereocenters. The van der Waals surface area contributed by atoms with Crippen molar-refractivity contribution in [1.82, 2.24) is 0 Å². The van der Waals surface area contributed by atoms with Crippen molar-refractivity contribution in [2.75, 3.05) is 5.32 Å². The van der Waals surface area contributed by atoms with E-state index in [1.807, 2.05) is 13.8 Å². The molecule has 0 fully saturated rings. The molecule has 0 radical (unpaired) electrons. The number of hydrogen-bond acceptors (Lipinski definition) is 3. The number of nitro groups is 1. The smallest absolute Gasteiger partial charge is 0.274 e. The number of rotatable bonds is 4. The zero-order valence-corrected chi connectivity index (χ0v) is 12.2. The van der Waals surface area contributed by atoms with E-state index in [0.717, 1.165) is 16.7 Å². The van der Waals surface area contributed by atoms with Gasteiger partial charge in [0.05, 0.1) is 4.92 Å². The van der Waals surface area contributed by atoms with Gasteiger partial charge < -0.3 is 5.32 Å². The maximum atomic E-state index is 13.3. The summed E-state index contributed by atoms with van der Waals surface area (Å²) in [7, 11) is 0. The van der Waals surface area contributed by atoms with Crippen molar-refractivity contribution < 1.29 is 9.31 Å². The monoisotopic (exact) mass is 288 g/mol. The predicted molar refractivity (Wildman–Crippen MR) is 81.0 cm³/mol. The maximum absolute atomic E-state index is 13.3. The van der Waals surface area contributed by atoms with Crippen LogP contribution in [0, 0.1) is 36.7 Å². The molecule has 0 saturated heterocycles. The van der Waals surface area contributed by atoms with Crippen molar-refractivity contribution in [3.05, 3.63) is 68.5 Å². The fourth-order valence-corrected chi connectivity index (χ4v) is 2.25. The third kappa shape index (κ3) is 3.37. The highest BCUT2D eigenvalue weighted by Crippen LogP contribution is 2.26. The van der Waals surface area contributed by atoms with E-state index < -0.39 is 4.92 Å². The van der Waals surface area contributed by atoms with Gasteiger partial charge in [-0.1, -0.05) is 6.07 Å². The van der Waals surface area contributed by atoms with Crippen LogP contribution in [-0.2, 0) is 6.54 Å². The molecule has 0 heterocycles. The van der Waals surface area contributed by atoms with Gasteiger partial charge in [-0.25, -0.2) is 4.39 Å². The summed E-state index contributed by atoms with van der Waals surface area (Å²) in [6.45, 7) is 5.93. The minimum absolute atomic E-state index is 0.0825. The molecule has 0 aromatic heterocycles. The number of halogens is 1. The van der Waals surface area contributed by atoms with Crippen LogP contribution >= 0.6 is 0 Å². The van der Waals surface area contributed by atoms with Crippen molar-refractivity contribution >= 4 is 11.4 Å². The second kappa shape index (κ2) is 5.91. The Morgan fingerprint density at radius 3 is 2.48 bits per heavy atom. The van der Waals surface area contributed by atoms with Crippen molar-refractivity contribution in [2.24, 2.45) is 0 Å². The topological polar surface area (TPSA) is 55.2 Å². The Kier molecular flexibility index (Phi) is 4.21. The van der Waals surface area contributed by atoms with Crippen LogP contribution in [0.1, 0.15) is 22.3 Å². The number of nitrogens with zero attached hydrogens (tertiary/aromatic N) is 1. The first-order valence-electron chi connectivity index (χ1n) is 6.63. The van der Waals surface area contributed by atoms with Gasteiger partial charge in [0.25, 0.3) is 5.69 Å². The molecule has 0 spiro atoms. The van der Waals surface area contributed by atoms with Gasteiger partial charge in [0.2, 0.25) is 0 Å². The summed E-state index contributed by atoms with van der Waals surface area (Å²) in [6.07, 6.45) is 0. The standard InChI is InChI=1S/C16H17FN2O2/c1-10-4-5-14(17)7-13(10)9-18-15-8-16(19(20)21)12(3)6-11(15)2/h4-8,18H,9H2,1-3H3. The van der Waals surface area contributed by atoms with Crippen LogP contribution < -0.4 is 5.32 Å². The molecule has 1 N–H and O–H groups in total. The number of anilines is 1. The van der Waals surface area contributed by atoms with Crippen LogP contribution in [0.25, 0.3) is 0 Å². The Bertz CT molecular complexity index is 699. The first-order chi connectivity index (χ1) is 9.88. The maximum Gasteiger partial charge on any atom is 0.274 e. The summed E-state index contributed by atoms with van der Waals surface area (Å²) in [5.74, 6) is -0.288. The van der Waals surface area contributed by atoms with Crippen LogP contribution in [0.15, 0.2) is 30.3 Å². The van der Waals surface area contributed by atoms with E-state index in [1.165, 1.54) is 18.2 Å². The Morgan fingerprint density at radius 1 is 1.10 bits per heavy atom. The third-order valence-corrected chi connectivity index (χ3v) is 3.52. The third-order valence-electron chi connectivity index (χ3n) is 3.52. The van der Waals surface area contributed by atoms with E-state index in [2.05, 4.69) is 5.32 Å². The van der Waals surface area contributed by atoms with Gasteiger partial charge in [-0.05, 0) is 55.7 Å². The Morgan fingerprint density at radius 2 is 1.81 bits per heavy atom. The summed E-state index contributed by atoms with van der Waals surface area (Å²) in [6, 6.07) is 7.91. The number of hydrogen-bond donors (Lipinski definition) is 1. The van der Waals surface area contributed by atoms with Gasteiger partial charge in [0, 0.05) is 23.9 Å². The van der Waals surface area contributed by atoms with Crippen molar-refractivity contribution in [2.45, 2.75) is 27.3 Å². The largest absolute Gasteiger partial charge is 0.381 e. The zero-order chi connectivity index (χ0) is 15.6. The van der Waals surface area contributed by atoms with Crippen LogP contribution in [-0.4, -0.2) is 4.92 Å². The Balaban J connectivity index is 2.25. The lowest BCUT2D eigenvalue weighted by molar-refractivity contribution is -0.385. The van der Waals surface area contributed by atoms with Gasteiger partial charge in [-0.2, -0.15) is 0 Å². The highest BCUT2D eigenvalue weighted by atomic mass is 19.1. The first-order valence-corrected chi connectivity index (χ1v) is 6.63. The predicted octanol–water partition coefficient (Wildman–Crippen LogP) is 4.27. The van der Waals surface area contributed by atoms with E-state index in [9.17, 15) is 14.5 Å². The fourth-order valence-electron chi connectivity index (χ4n) is 2.25. The number of benzene rings is 2. The molecule has 2 aromatic carbocycles. The summed E-state index contributed by atoms with van der Waals surface area (Å²) in [5, 5.41) is 14.1. The molecule has 21 heavy (non-hydrogen) atoms. The fraction of sp³-hybridized carbons (Fsp3) is 0.250. The molecule has 0 bridgehead atoms. The van der Waals surface area contributed by atoms with Crippen molar-refractivity contribution in [1.29, 1.82) is 0 Å². The normalized spacial score (nSPS) is 10.5. The van der Waals surface area contributed by atoms with Gasteiger partial charge in [0.15, 0.2) is 0 Å². The molecular weight excluding hydrogens is 271 g/mol. The molecule has 0 unspecified atom stereocenters. The molecule has 110 valence electrons. The van der Waals surface area contributed by atoms with Gasteiger partial charge in [-0.15, -0.1) is 0 Å². The average molecular weight is 288 g/mol. The Labute approximate surface area is 122 Å². The molecule has 2 rings (SSSR count). The minimum atomic E-state index is -0.395. The van der Waals surface area contributed by atoms with Gasteiger partial charge in [-0.3, -0.25) is 10.1 Å². The lowest BCUT2D eigenvalue weighted by atomic mass is 10.1. The van der Waals surface area contributed by atoms with E-state index in [-0.39, 0.29) is 11.5 Å². The van der Waals surface area contributed by atoms with Crippen molar-refractivity contribution in [3.63, 3.8) is 0 Å². The SMILES string of the molecule is Cc1ccc(F)cc1CNc1cc([N+](=O)[O-])c(C)cc1C. The van der Waals surface area contributed by atoms with Gasteiger partial charge in [0.1, 0.15) is 5.82 Å². The van der Waals surface area contributed by atoms with Crippen molar-refractivity contribution in [3.8, 4) is 0 Å². The Hall–Kier alpha value is -2.43. The summed E-state index contributed by atoms with van der Waals surface area (Å²) >= 11 is 0. The molecule has 0 aliphatic heterocycles. The summed E-state index contributed by atoms with van der Waals surface area (Å²) in [5.41, 5.74) is 4.13. The summed E-state index contributed by atoms with van der Waals surface area (Å²) < 4.78 is 13.3. The van der Waals surface area contributed by atoms with Crippen LogP contribution in [0.4, 0.5) is 15.8 Å².